The second-order valence-electron chi connectivity index (χ2n) is 6.79. The number of esters is 1. The van der Waals surface area contributed by atoms with Crippen LogP contribution in [0, 0.1) is 19.8 Å². The molecule has 7 nitrogen and oxygen atoms in total. The second-order valence-corrected chi connectivity index (χ2v) is 6.79. The van der Waals surface area contributed by atoms with Crippen molar-refractivity contribution in [2.24, 2.45) is 5.92 Å². The number of carbonyl (C=O) groups is 2. The molecule has 1 aromatic heterocycles. The highest BCUT2D eigenvalue weighted by Crippen LogP contribution is 2.19. The molecule has 25 heavy (non-hydrogen) atoms. The minimum atomic E-state index is -0.432. The molecule has 0 bridgehead atoms. The summed E-state index contributed by atoms with van der Waals surface area (Å²) >= 11 is 0. The zero-order valence-electron chi connectivity index (χ0n) is 15.8. The molecule has 1 fully saturated rings. The van der Waals surface area contributed by atoms with Crippen molar-refractivity contribution in [3.63, 3.8) is 0 Å². The monoisotopic (exact) mass is 351 g/mol. The van der Waals surface area contributed by atoms with Crippen molar-refractivity contribution in [1.82, 2.24) is 15.2 Å². The Labute approximate surface area is 149 Å². The summed E-state index contributed by atoms with van der Waals surface area (Å²) in [6.45, 7) is 11.6. The minimum Gasteiger partial charge on any atom is -0.465 e. The van der Waals surface area contributed by atoms with Crippen LogP contribution in [0.3, 0.4) is 0 Å². The van der Waals surface area contributed by atoms with Gasteiger partial charge in [0.1, 0.15) is 5.69 Å². The van der Waals surface area contributed by atoms with E-state index in [9.17, 15) is 9.59 Å². The van der Waals surface area contributed by atoms with Gasteiger partial charge in [-0.25, -0.2) is 4.79 Å². The van der Waals surface area contributed by atoms with Crippen LogP contribution in [-0.2, 0) is 9.47 Å². The molecule has 1 aromatic rings. The Morgan fingerprint density at radius 2 is 1.92 bits per heavy atom. The van der Waals surface area contributed by atoms with Gasteiger partial charge in [-0.1, -0.05) is 13.8 Å². The molecule has 1 saturated heterocycles. The van der Waals surface area contributed by atoms with Gasteiger partial charge in [0.15, 0.2) is 0 Å². The second kappa shape index (κ2) is 8.49. The molecule has 7 heteroatoms. The molecular formula is C18H29N3O4. The fourth-order valence-corrected chi connectivity index (χ4v) is 3.37. The lowest BCUT2D eigenvalue weighted by atomic mass is 10.0. The van der Waals surface area contributed by atoms with E-state index in [1.54, 1.807) is 13.8 Å². The number of hydrogen-bond donors (Lipinski definition) is 2. The number of aryl methyl sites for hydroxylation is 1. The zero-order chi connectivity index (χ0) is 18.6. The topological polar surface area (TPSA) is 83.7 Å². The smallest absolute Gasteiger partial charge is 0.339 e. The number of nitrogens with zero attached hydrogens (tertiary/aromatic N) is 1. The molecule has 1 aliphatic rings. The van der Waals surface area contributed by atoms with E-state index in [-0.39, 0.29) is 11.9 Å². The minimum absolute atomic E-state index is 0.199. The highest BCUT2D eigenvalue weighted by atomic mass is 16.5. The largest absolute Gasteiger partial charge is 0.465 e. The number of nitrogens with one attached hydrogen (secondary N) is 2. The van der Waals surface area contributed by atoms with Crippen LogP contribution in [0.15, 0.2) is 0 Å². The maximum absolute atomic E-state index is 12.6. The fraction of sp³-hybridized carbons (Fsp3) is 0.667. The Balaban J connectivity index is 2.07. The Morgan fingerprint density at radius 1 is 1.28 bits per heavy atom. The Morgan fingerprint density at radius 3 is 2.48 bits per heavy atom. The van der Waals surface area contributed by atoms with E-state index < -0.39 is 5.97 Å². The lowest BCUT2D eigenvalue weighted by Crippen LogP contribution is -2.51. The molecule has 2 heterocycles. The lowest BCUT2D eigenvalue weighted by Gasteiger charge is -2.36. The average molecular weight is 351 g/mol. The molecule has 1 aliphatic heterocycles. The summed E-state index contributed by atoms with van der Waals surface area (Å²) in [6.07, 6.45) is 0. The number of rotatable bonds is 6. The molecule has 2 N–H and O–H groups in total. The molecule has 140 valence electrons. The van der Waals surface area contributed by atoms with Crippen LogP contribution in [0.1, 0.15) is 46.0 Å². The highest BCUT2D eigenvalue weighted by molar-refractivity contribution is 6.00. The van der Waals surface area contributed by atoms with Crippen LogP contribution in [0.2, 0.25) is 0 Å². The van der Waals surface area contributed by atoms with E-state index in [0.29, 0.717) is 35.0 Å². The van der Waals surface area contributed by atoms with E-state index >= 15 is 0 Å². The van der Waals surface area contributed by atoms with Crippen LogP contribution >= 0.6 is 0 Å². The molecule has 2 rings (SSSR count). The number of amides is 1. The van der Waals surface area contributed by atoms with Crippen molar-refractivity contribution in [2.45, 2.75) is 33.7 Å². The number of hydrogen-bond acceptors (Lipinski definition) is 5. The number of morpholine rings is 1. The number of aromatic nitrogens is 1. The van der Waals surface area contributed by atoms with Crippen molar-refractivity contribution in [1.29, 1.82) is 0 Å². The first-order valence-corrected chi connectivity index (χ1v) is 8.74. The van der Waals surface area contributed by atoms with E-state index in [2.05, 4.69) is 29.0 Å². The van der Waals surface area contributed by atoms with Crippen molar-refractivity contribution in [3.8, 4) is 0 Å². The SMILES string of the molecule is COC(=O)c1c(C)[nH]c(C(=O)NC[C@@H](C(C)C)N2CCOCC2)c1C. The van der Waals surface area contributed by atoms with Gasteiger partial charge in [0.25, 0.3) is 5.91 Å². The third kappa shape index (κ3) is 4.41. The summed E-state index contributed by atoms with van der Waals surface area (Å²) < 4.78 is 10.2. The summed E-state index contributed by atoms with van der Waals surface area (Å²) in [5, 5.41) is 3.01. The standard InChI is InChI=1S/C18H29N3O4/c1-11(2)14(21-6-8-25-9-7-21)10-19-17(22)16-12(3)15(13(4)20-16)18(23)24-5/h11,14,20H,6-10H2,1-5H3,(H,19,22)/t14-/m0/s1. The molecule has 0 aromatic carbocycles. The van der Waals surface area contributed by atoms with Gasteiger partial charge < -0.3 is 19.8 Å². The van der Waals surface area contributed by atoms with Gasteiger partial charge in [0.05, 0.1) is 25.9 Å². The Kier molecular flexibility index (Phi) is 6.61. The quantitative estimate of drug-likeness (QED) is 0.759. The van der Waals surface area contributed by atoms with Crippen molar-refractivity contribution in [3.05, 3.63) is 22.5 Å². The van der Waals surface area contributed by atoms with Crippen LogP contribution in [-0.4, -0.2) is 67.8 Å². The molecule has 0 radical (unpaired) electrons. The summed E-state index contributed by atoms with van der Waals surface area (Å²) in [5.41, 5.74) is 2.11. The Bertz CT molecular complexity index is 618. The molecule has 1 amide bonds. The number of H-pyrrole nitrogens is 1. The van der Waals surface area contributed by atoms with E-state index in [1.165, 1.54) is 7.11 Å². The molecular weight excluding hydrogens is 322 g/mol. The first-order chi connectivity index (χ1) is 11.9. The predicted octanol–water partition coefficient (Wildman–Crippen LogP) is 1.50. The van der Waals surface area contributed by atoms with Crippen molar-refractivity contribution < 1.29 is 19.1 Å². The van der Waals surface area contributed by atoms with E-state index in [4.69, 9.17) is 9.47 Å². The number of methoxy groups -OCH3 is 1. The lowest BCUT2D eigenvalue weighted by molar-refractivity contribution is 0.00671. The van der Waals surface area contributed by atoms with Crippen LogP contribution < -0.4 is 5.32 Å². The average Bonchev–Trinajstić information content (AvgIpc) is 2.89. The summed E-state index contributed by atoms with van der Waals surface area (Å²) in [5.74, 6) is -0.219. The van der Waals surface area contributed by atoms with Crippen LogP contribution in [0.5, 0.6) is 0 Å². The predicted molar refractivity (Wildman–Crippen MR) is 95.0 cm³/mol. The summed E-state index contributed by atoms with van der Waals surface area (Å²) in [7, 11) is 1.34. The number of ether oxygens (including phenoxy) is 2. The number of carbonyl (C=O) groups excluding carboxylic acids is 2. The van der Waals surface area contributed by atoms with Gasteiger partial charge in [-0.3, -0.25) is 9.69 Å². The molecule has 0 aliphatic carbocycles. The maximum Gasteiger partial charge on any atom is 0.339 e. The first-order valence-electron chi connectivity index (χ1n) is 8.74. The van der Waals surface area contributed by atoms with Crippen LogP contribution in [0.25, 0.3) is 0 Å². The molecule has 0 unspecified atom stereocenters. The Hall–Kier alpha value is -1.86. The van der Waals surface area contributed by atoms with Gasteiger partial charge in [0.2, 0.25) is 0 Å². The van der Waals surface area contributed by atoms with Gasteiger partial charge >= 0.3 is 5.97 Å². The van der Waals surface area contributed by atoms with Gasteiger partial charge in [-0.2, -0.15) is 0 Å². The van der Waals surface area contributed by atoms with Crippen molar-refractivity contribution in [2.75, 3.05) is 40.0 Å². The summed E-state index contributed by atoms with van der Waals surface area (Å²) in [6, 6.07) is 0.254. The maximum atomic E-state index is 12.6. The normalized spacial score (nSPS) is 16.7. The van der Waals surface area contributed by atoms with Gasteiger partial charge in [-0.05, 0) is 25.3 Å². The van der Waals surface area contributed by atoms with Gasteiger partial charge in [-0.15, -0.1) is 0 Å². The van der Waals surface area contributed by atoms with E-state index in [1.807, 2.05) is 0 Å². The summed E-state index contributed by atoms with van der Waals surface area (Å²) in [4.78, 5) is 29.9. The number of aromatic amines is 1. The zero-order valence-corrected chi connectivity index (χ0v) is 15.8. The third-order valence-electron chi connectivity index (χ3n) is 4.81. The first kappa shape index (κ1) is 19.5. The molecule has 0 saturated carbocycles. The van der Waals surface area contributed by atoms with E-state index in [0.717, 1.165) is 26.3 Å². The van der Waals surface area contributed by atoms with Crippen LogP contribution in [0.4, 0.5) is 0 Å². The molecule has 1 atom stereocenters. The highest BCUT2D eigenvalue weighted by Gasteiger charge is 2.26. The van der Waals surface area contributed by atoms with Crippen molar-refractivity contribution >= 4 is 11.9 Å². The molecule has 0 spiro atoms. The third-order valence-corrected chi connectivity index (χ3v) is 4.81. The fourth-order valence-electron chi connectivity index (χ4n) is 3.37. The van der Waals surface area contributed by atoms with Gasteiger partial charge in [0, 0.05) is 31.4 Å².